The van der Waals surface area contributed by atoms with Gasteiger partial charge in [0.2, 0.25) is 0 Å². The fourth-order valence-corrected chi connectivity index (χ4v) is 0.804. The lowest BCUT2D eigenvalue weighted by atomic mass is 10.4. The highest BCUT2D eigenvalue weighted by Crippen LogP contribution is 1.94. The number of aromatic nitrogens is 2. The summed E-state index contributed by atoms with van der Waals surface area (Å²) in [6.07, 6.45) is 3.53. The van der Waals surface area contributed by atoms with E-state index < -0.39 is 0 Å². The van der Waals surface area contributed by atoms with Gasteiger partial charge in [-0.2, -0.15) is 5.10 Å². The summed E-state index contributed by atoms with van der Waals surface area (Å²) in [5.74, 6) is 0. The highest BCUT2D eigenvalue weighted by atomic mass is 15.3. The average Bonchev–Trinajstić information content (AvgIpc) is 2.40. The number of hydrogen-bond donors (Lipinski definition) is 0. The zero-order chi connectivity index (χ0) is 8.10. The minimum Gasteiger partial charge on any atom is -0.272 e. The van der Waals surface area contributed by atoms with E-state index in [1.807, 2.05) is 19.2 Å². The van der Waals surface area contributed by atoms with Crippen molar-refractivity contribution in [2.24, 2.45) is 5.11 Å². The second kappa shape index (κ2) is 3.63. The van der Waals surface area contributed by atoms with Crippen LogP contribution in [0.3, 0.4) is 0 Å². The molecule has 0 aromatic carbocycles. The molecule has 1 rings (SSSR count). The molecule has 1 heterocycles. The Morgan fingerprint density at radius 1 is 1.82 bits per heavy atom. The lowest BCUT2D eigenvalue weighted by molar-refractivity contribution is 0.537. The fraction of sp³-hybridized carbons (Fsp3) is 0.500. The Labute approximate surface area is 64.3 Å². The molecule has 0 spiro atoms. The third-order valence-electron chi connectivity index (χ3n) is 1.26. The van der Waals surface area contributed by atoms with Gasteiger partial charge in [-0.25, -0.2) is 0 Å². The fourth-order valence-electron chi connectivity index (χ4n) is 0.804. The first-order valence-corrected chi connectivity index (χ1v) is 3.34. The van der Waals surface area contributed by atoms with Crippen molar-refractivity contribution in [3.8, 4) is 0 Å². The second-order valence-electron chi connectivity index (χ2n) is 2.28. The van der Waals surface area contributed by atoms with Crippen LogP contribution in [0.1, 0.15) is 6.92 Å². The van der Waals surface area contributed by atoms with Crippen LogP contribution in [0.4, 0.5) is 0 Å². The Balaban J connectivity index is 2.49. The molecule has 11 heavy (non-hydrogen) atoms. The zero-order valence-corrected chi connectivity index (χ0v) is 6.25. The molecule has 5 nitrogen and oxygen atoms in total. The SMILES string of the molecule is C[C@@H](Cn1cccn1)N=[N+]=[N-]. The second-order valence-corrected chi connectivity index (χ2v) is 2.28. The van der Waals surface area contributed by atoms with E-state index in [1.165, 1.54) is 0 Å². The Morgan fingerprint density at radius 3 is 3.18 bits per heavy atom. The van der Waals surface area contributed by atoms with Crippen molar-refractivity contribution in [1.82, 2.24) is 9.78 Å². The molecule has 1 atom stereocenters. The van der Waals surface area contributed by atoms with Crippen LogP contribution in [-0.4, -0.2) is 15.8 Å². The smallest absolute Gasteiger partial charge is 0.0542 e. The topological polar surface area (TPSA) is 66.6 Å². The van der Waals surface area contributed by atoms with Crippen LogP contribution >= 0.6 is 0 Å². The van der Waals surface area contributed by atoms with E-state index in [4.69, 9.17) is 5.53 Å². The summed E-state index contributed by atoms with van der Waals surface area (Å²) in [7, 11) is 0. The molecule has 0 fully saturated rings. The van der Waals surface area contributed by atoms with Crippen molar-refractivity contribution in [2.75, 3.05) is 0 Å². The van der Waals surface area contributed by atoms with Gasteiger partial charge in [0.25, 0.3) is 0 Å². The van der Waals surface area contributed by atoms with Gasteiger partial charge in [-0.15, -0.1) is 0 Å². The van der Waals surface area contributed by atoms with E-state index in [-0.39, 0.29) is 6.04 Å². The van der Waals surface area contributed by atoms with Gasteiger partial charge in [-0.3, -0.25) is 4.68 Å². The first-order valence-electron chi connectivity index (χ1n) is 3.34. The maximum atomic E-state index is 8.09. The molecule has 0 aliphatic rings. The summed E-state index contributed by atoms with van der Waals surface area (Å²) in [6, 6.07) is 1.79. The molecule has 0 saturated carbocycles. The summed E-state index contributed by atoms with van der Waals surface area (Å²) >= 11 is 0. The van der Waals surface area contributed by atoms with E-state index in [0.717, 1.165) is 0 Å². The van der Waals surface area contributed by atoms with E-state index in [9.17, 15) is 0 Å². The molecule has 0 saturated heterocycles. The third-order valence-corrected chi connectivity index (χ3v) is 1.26. The Hall–Kier alpha value is -1.48. The molecule has 58 valence electrons. The molecule has 1 aromatic heterocycles. The van der Waals surface area contributed by atoms with Gasteiger partial charge in [0.1, 0.15) is 0 Å². The Bertz CT molecular complexity index is 246. The largest absolute Gasteiger partial charge is 0.272 e. The summed E-state index contributed by atoms with van der Waals surface area (Å²) in [5, 5.41) is 7.49. The van der Waals surface area contributed by atoms with Crippen molar-refractivity contribution >= 4 is 0 Å². The highest BCUT2D eigenvalue weighted by Gasteiger charge is 1.98. The van der Waals surface area contributed by atoms with Gasteiger partial charge in [-0.1, -0.05) is 12.0 Å². The van der Waals surface area contributed by atoms with E-state index in [2.05, 4.69) is 15.1 Å². The predicted molar refractivity (Wildman–Crippen MR) is 40.8 cm³/mol. The third kappa shape index (κ3) is 2.31. The molecule has 0 radical (unpaired) electrons. The number of hydrogen-bond acceptors (Lipinski definition) is 2. The lowest BCUT2D eigenvalue weighted by Crippen LogP contribution is -2.09. The molecule has 0 aliphatic heterocycles. The number of nitrogens with zero attached hydrogens (tertiary/aromatic N) is 5. The average molecular weight is 151 g/mol. The van der Waals surface area contributed by atoms with Gasteiger partial charge in [-0.05, 0) is 11.6 Å². The quantitative estimate of drug-likeness (QED) is 0.367. The minimum absolute atomic E-state index is 0.0418. The molecule has 0 amide bonds. The molecule has 5 heteroatoms. The van der Waals surface area contributed by atoms with Gasteiger partial charge in [0, 0.05) is 23.9 Å². The summed E-state index contributed by atoms with van der Waals surface area (Å²) < 4.78 is 1.74. The van der Waals surface area contributed by atoms with Gasteiger partial charge in [0.15, 0.2) is 0 Å². The van der Waals surface area contributed by atoms with Crippen LogP contribution in [0.5, 0.6) is 0 Å². The summed E-state index contributed by atoms with van der Waals surface area (Å²) in [5.41, 5.74) is 8.09. The van der Waals surface area contributed by atoms with Gasteiger partial charge < -0.3 is 0 Å². The maximum Gasteiger partial charge on any atom is 0.0542 e. The standard InChI is InChI=1S/C6H9N5/c1-6(9-10-7)5-11-4-2-3-8-11/h2-4,6H,5H2,1H3/t6-/m0/s1. The van der Waals surface area contributed by atoms with Crippen LogP contribution in [0.15, 0.2) is 23.6 Å². The number of azide groups is 1. The monoisotopic (exact) mass is 151 g/mol. The van der Waals surface area contributed by atoms with Crippen molar-refractivity contribution in [1.29, 1.82) is 0 Å². The first-order chi connectivity index (χ1) is 5.33. The van der Waals surface area contributed by atoms with Crippen molar-refractivity contribution in [3.05, 3.63) is 28.9 Å². The molecule has 0 N–H and O–H groups in total. The van der Waals surface area contributed by atoms with Gasteiger partial charge in [0.05, 0.1) is 6.04 Å². The molecule has 1 aromatic rings. The van der Waals surface area contributed by atoms with Crippen molar-refractivity contribution in [3.63, 3.8) is 0 Å². The van der Waals surface area contributed by atoms with Crippen LogP contribution < -0.4 is 0 Å². The van der Waals surface area contributed by atoms with Crippen LogP contribution in [-0.2, 0) is 6.54 Å². The lowest BCUT2D eigenvalue weighted by Gasteiger charge is -2.02. The normalized spacial score (nSPS) is 12.1. The highest BCUT2D eigenvalue weighted by molar-refractivity contribution is 4.78. The van der Waals surface area contributed by atoms with E-state index in [0.29, 0.717) is 6.54 Å². The predicted octanol–water partition coefficient (Wildman–Crippen LogP) is 1.58. The Morgan fingerprint density at radius 2 is 2.64 bits per heavy atom. The number of rotatable bonds is 3. The summed E-state index contributed by atoms with van der Waals surface area (Å²) in [4.78, 5) is 2.70. The zero-order valence-electron chi connectivity index (χ0n) is 6.25. The molecule has 0 aliphatic carbocycles. The van der Waals surface area contributed by atoms with E-state index >= 15 is 0 Å². The minimum atomic E-state index is -0.0418. The van der Waals surface area contributed by atoms with Crippen LogP contribution in [0, 0.1) is 0 Å². The first kappa shape index (κ1) is 7.63. The van der Waals surface area contributed by atoms with Crippen molar-refractivity contribution < 1.29 is 0 Å². The molecule has 0 unspecified atom stereocenters. The molecular formula is C6H9N5. The van der Waals surface area contributed by atoms with Gasteiger partial charge >= 0.3 is 0 Å². The Kier molecular flexibility index (Phi) is 2.52. The van der Waals surface area contributed by atoms with Crippen molar-refractivity contribution in [2.45, 2.75) is 19.5 Å². The van der Waals surface area contributed by atoms with E-state index in [1.54, 1.807) is 10.9 Å². The summed E-state index contributed by atoms with van der Waals surface area (Å²) in [6.45, 7) is 2.48. The molecular weight excluding hydrogens is 142 g/mol. The molecule has 0 bridgehead atoms. The van der Waals surface area contributed by atoms with Crippen LogP contribution in [0.25, 0.3) is 10.4 Å². The van der Waals surface area contributed by atoms with Crippen LogP contribution in [0.2, 0.25) is 0 Å². The maximum absolute atomic E-state index is 8.09.